The van der Waals surface area contributed by atoms with Crippen molar-refractivity contribution in [3.05, 3.63) is 59.7 Å². The SMILES string of the molecule is CCNC(=O)N1CCSC1c1ccc(OCc2ccccc2)c(OC)c1. The minimum atomic E-state index is -0.0223. The number of hydrogen-bond acceptors (Lipinski definition) is 4. The van der Waals surface area contributed by atoms with E-state index in [1.54, 1.807) is 18.9 Å². The Morgan fingerprint density at radius 3 is 2.77 bits per heavy atom. The highest BCUT2D eigenvalue weighted by atomic mass is 32.2. The van der Waals surface area contributed by atoms with Gasteiger partial charge in [0.15, 0.2) is 11.5 Å². The third kappa shape index (κ3) is 4.25. The molecule has 0 saturated carbocycles. The zero-order chi connectivity index (χ0) is 18.4. The molecule has 1 aliphatic rings. The van der Waals surface area contributed by atoms with Crippen molar-refractivity contribution < 1.29 is 14.3 Å². The first-order valence-electron chi connectivity index (χ1n) is 8.73. The van der Waals surface area contributed by atoms with Gasteiger partial charge in [-0.3, -0.25) is 0 Å². The fourth-order valence-electron chi connectivity index (χ4n) is 2.90. The molecule has 1 unspecified atom stereocenters. The second-order valence-corrected chi connectivity index (χ2v) is 7.12. The second-order valence-electron chi connectivity index (χ2n) is 5.94. The lowest BCUT2D eigenvalue weighted by atomic mass is 10.2. The number of urea groups is 1. The van der Waals surface area contributed by atoms with Gasteiger partial charge in [-0.2, -0.15) is 0 Å². The van der Waals surface area contributed by atoms with Crippen molar-refractivity contribution in [2.24, 2.45) is 0 Å². The van der Waals surface area contributed by atoms with Crippen LogP contribution in [0.4, 0.5) is 4.79 Å². The average Bonchev–Trinajstić information content (AvgIpc) is 3.17. The van der Waals surface area contributed by atoms with Crippen LogP contribution in [-0.4, -0.2) is 36.9 Å². The Balaban J connectivity index is 1.74. The standard InChI is InChI=1S/C20H24N2O3S/c1-3-21-20(23)22-11-12-26-19(22)16-9-10-17(18(13-16)24-2)25-14-15-7-5-4-6-8-15/h4-10,13,19H,3,11-12,14H2,1-2H3,(H,21,23). The Morgan fingerprint density at radius 1 is 1.23 bits per heavy atom. The smallest absolute Gasteiger partial charge is 0.318 e. The van der Waals surface area contributed by atoms with Crippen molar-refractivity contribution in [2.75, 3.05) is 26.0 Å². The number of benzene rings is 2. The summed E-state index contributed by atoms with van der Waals surface area (Å²) in [7, 11) is 1.64. The van der Waals surface area contributed by atoms with Crippen LogP contribution in [0, 0.1) is 0 Å². The molecule has 0 bridgehead atoms. The van der Waals surface area contributed by atoms with Crippen LogP contribution in [0.1, 0.15) is 23.4 Å². The summed E-state index contributed by atoms with van der Waals surface area (Å²) < 4.78 is 11.4. The van der Waals surface area contributed by atoms with Crippen LogP contribution in [0.15, 0.2) is 48.5 Å². The zero-order valence-electron chi connectivity index (χ0n) is 15.1. The van der Waals surface area contributed by atoms with E-state index in [-0.39, 0.29) is 11.4 Å². The highest BCUT2D eigenvalue weighted by molar-refractivity contribution is 7.99. The number of methoxy groups -OCH3 is 1. The van der Waals surface area contributed by atoms with E-state index in [0.717, 1.165) is 23.4 Å². The monoisotopic (exact) mass is 372 g/mol. The summed E-state index contributed by atoms with van der Waals surface area (Å²) >= 11 is 1.76. The van der Waals surface area contributed by atoms with Gasteiger partial charge in [-0.1, -0.05) is 36.4 Å². The van der Waals surface area contributed by atoms with Crippen LogP contribution in [0.5, 0.6) is 11.5 Å². The summed E-state index contributed by atoms with van der Waals surface area (Å²) in [5.41, 5.74) is 2.15. The van der Waals surface area contributed by atoms with Gasteiger partial charge in [0.2, 0.25) is 0 Å². The number of nitrogens with one attached hydrogen (secondary N) is 1. The molecule has 2 aromatic carbocycles. The Kier molecular flexibility index (Phi) is 6.28. The molecular weight excluding hydrogens is 348 g/mol. The van der Waals surface area contributed by atoms with Crippen molar-refractivity contribution in [3.8, 4) is 11.5 Å². The van der Waals surface area contributed by atoms with Crippen molar-refractivity contribution in [1.29, 1.82) is 0 Å². The predicted molar refractivity (Wildman–Crippen MR) is 105 cm³/mol. The van der Waals surface area contributed by atoms with Gasteiger partial charge < -0.3 is 19.7 Å². The second kappa shape index (κ2) is 8.85. The Labute approximate surface area is 158 Å². The minimum absolute atomic E-state index is 0.00127. The van der Waals surface area contributed by atoms with Crippen LogP contribution in [0.25, 0.3) is 0 Å². The van der Waals surface area contributed by atoms with Crippen LogP contribution >= 0.6 is 11.8 Å². The van der Waals surface area contributed by atoms with Gasteiger partial charge >= 0.3 is 6.03 Å². The lowest BCUT2D eigenvalue weighted by Crippen LogP contribution is -2.39. The predicted octanol–water partition coefficient (Wildman–Crippen LogP) is 4.05. The molecule has 1 N–H and O–H groups in total. The molecule has 2 amide bonds. The molecule has 1 atom stereocenters. The molecule has 1 aliphatic heterocycles. The third-order valence-corrected chi connectivity index (χ3v) is 5.45. The highest BCUT2D eigenvalue weighted by Gasteiger charge is 2.31. The molecule has 0 radical (unpaired) electrons. The summed E-state index contributed by atoms with van der Waals surface area (Å²) in [6, 6.07) is 15.9. The van der Waals surface area contributed by atoms with E-state index >= 15 is 0 Å². The Morgan fingerprint density at radius 2 is 2.04 bits per heavy atom. The topological polar surface area (TPSA) is 50.8 Å². The molecule has 1 fully saturated rings. The fraction of sp³-hybridized carbons (Fsp3) is 0.350. The van der Waals surface area contributed by atoms with Crippen LogP contribution in [0.3, 0.4) is 0 Å². The van der Waals surface area contributed by atoms with E-state index < -0.39 is 0 Å². The Hall–Kier alpha value is -2.34. The zero-order valence-corrected chi connectivity index (χ0v) is 15.9. The minimum Gasteiger partial charge on any atom is -0.493 e. The Bertz CT molecular complexity index is 739. The summed E-state index contributed by atoms with van der Waals surface area (Å²) in [5, 5.41) is 2.88. The molecule has 0 aliphatic carbocycles. The molecule has 2 aromatic rings. The number of rotatable bonds is 6. The molecular formula is C20H24N2O3S. The maximum Gasteiger partial charge on any atom is 0.318 e. The molecule has 138 valence electrons. The maximum absolute atomic E-state index is 12.3. The van der Waals surface area contributed by atoms with Crippen molar-refractivity contribution >= 4 is 17.8 Å². The summed E-state index contributed by atoms with van der Waals surface area (Å²) in [4.78, 5) is 14.1. The quantitative estimate of drug-likeness (QED) is 0.831. The first kappa shape index (κ1) is 18.5. The lowest BCUT2D eigenvalue weighted by Gasteiger charge is -2.24. The first-order valence-corrected chi connectivity index (χ1v) is 9.78. The molecule has 26 heavy (non-hydrogen) atoms. The van der Waals surface area contributed by atoms with Crippen molar-refractivity contribution in [2.45, 2.75) is 18.9 Å². The van der Waals surface area contributed by atoms with Crippen LogP contribution in [-0.2, 0) is 6.61 Å². The van der Waals surface area contributed by atoms with Gasteiger partial charge in [0.05, 0.1) is 7.11 Å². The van der Waals surface area contributed by atoms with Gasteiger partial charge in [0.1, 0.15) is 12.0 Å². The number of thioether (sulfide) groups is 1. The van der Waals surface area contributed by atoms with Crippen LogP contribution in [0.2, 0.25) is 0 Å². The van der Waals surface area contributed by atoms with E-state index in [1.807, 2.05) is 60.4 Å². The fourth-order valence-corrected chi connectivity index (χ4v) is 4.14. The summed E-state index contributed by atoms with van der Waals surface area (Å²) in [6.07, 6.45) is 0. The summed E-state index contributed by atoms with van der Waals surface area (Å²) in [6.45, 7) is 3.79. The molecule has 3 rings (SSSR count). The van der Waals surface area contributed by atoms with E-state index in [0.29, 0.717) is 24.7 Å². The van der Waals surface area contributed by atoms with Crippen molar-refractivity contribution in [1.82, 2.24) is 10.2 Å². The number of nitrogens with zero attached hydrogens (tertiary/aromatic N) is 1. The lowest BCUT2D eigenvalue weighted by molar-refractivity contribution is 0.201. The highest BCUT2D eigenvalue weighted by Crippen LogP contribution is 2.41. The first-order chi connectivity index (χ1) is 12.7. The van der Waals surface area contributed by atoms with Gasteiger partial charge in [0, 0.05) is 18.8 Å². The molecule has 1 heterocycles. The molecule has 0 aromatic heterocycles. The van der Waals surface area contributed by atoms with Crippen molar-refractivity contribution in [3.63, 3.8) is 0 Å². The normalized spacial score (nSPS) is 16.4. The molecule has 6 heteroatoms. The third-order valence-electron chi connectivity index (χ3n) is 4.19. The van der Waals surface area contributed by atoms with Gasteiger partial charge in [-0.05, 0) is 30.2 Å². The van der Waals surface area contributed by atoms with Gasteiger partial charge in [0.25, 0.3) is 0 Å². The molecule has 5 nitrogen and oxygen atoms in total. The molecule has 0 spiro atoms. The largest absolute Gasteiger partial charge is 0.493 e. The van der Waals surface area contributed by atoms with E-state index in [4.69, 9.17) is 9.47 Å². The molecule has 1 saturated heterocycles. The number of hydrogen-bond donors (Lipinski definition) is 1. The van der Waals surface area contributed by atoms with Gasteiger partial charge in [-0.25, -0.2) is 4.79 Å². The van der Waals surface area contributed by atoms with E-state index in [9.17, 15) is 4.79 Å². The summed E-state index contributed by atoms with van der Waals surface area (Å²) in [5.74, 6) is 2.31. The number of ether oxygens (including phenoxy) is 2. The van der Waals surface area contributed by atoms with Crippen LogP contribution < -0.4 is 14.8 Å². The number of carbonyl (C=O) groups is 1. The maximum atomic E-state index is 12.3. The average molecular weight is 372 g/mol. The number of carbonyl (C=O) groups excluding carboxylic acids is 1. The van der Waals surface area contributed by atoms with E-state index in [2.05, 4.69) is 5.32 Å². The van der Waals surface area contributed by atoms with Gasteiger partial charge in [-0.15, -0.1) is 11.8 Å². The number of amides is 2. The van der Waals surface area contributed by atoms with E-state index in [1.165, 1.54) is 0 Å².